The third-order valence-corrected chi connectivity index (χ3v) is 7.93. The Morgan fingerprint density at radius 2 is 1.44 bits per heavy atom. The highest BCUT2D eigenvalue weighted by Gasteiger charge is 2.28. The van der Waals surface area contributed by atoms with Crippen LogP contribution in [0.5, 0.6) is 0 Å². The van der Waals surface area contributed by atoms with E-state index >= 15 is 0 Å². The van der Waals surface area contributed by atoms with Crippen LogP contribution < -0.4 is 4.90 Å². The van der Waals surface area contributed by atoms with Crippen molar-refractivity contribution in [1.29, 1.82) is 0 Å². The molecule has 2 amide bonds. The van der Waals surface area contributed by atoms with Crippen molar-refractivity contribution >= 4 is 29.2 Å². The monoisotopic (exact) mass is 567 g/mol. The molecule has 4 aromatic rings. The smallest absolute Gasteiger partial charge is 0.254 e. The van der Waals surface area contributed by atoms with Gasteiger partial charge in [-0.25, -0.2) is 0 Å². The number of halogens is 1. The first-order valence-corrected chi connectivity index (χ1v) is 14.4. The molecule has 0 spiro atoms. The molecule has 41 heavy (non-hydrogen) atoms. The van der Waals surface area contributed by atoms with E-state index in [1.54, 1.807) is 29.2 Å². The molecular weight excluding hydrogens is 534 g/mol. The first-order valence-electron chi connectivity index (χ1n) is 14.0. The zero-order valence-corrected chi connectivity index (χ0v) is 24.2. The predicted octanol–water partition coefficient (Wildman–Crippen LogP) is 6.05. The second-order valence-electron chi connectivity index (χ2n) is 10.3. The third-order valence-electron chi connectivity index (χ3n) is 7.68. The van der Waals surface area contributed by atoms with Gasteiger partial charge in [0.15, 0.2) is 5.82 Å². The topological polar surface area (TPSA) is 69.6 Å². The first kappa shape index (κ1) is 28.3. The number of amides is 2. The quantitative estimate of drug-likeness (QED) is 0.259. The summed E-state index contributed by atoms with van der Waals surface area (Å²) in [5, 5.41) is 9.53. The fourth-order valence-electron chi connectivity index (χ4n) is 4.95. The summed E-state index contributed by atoms with van der Waals surface area (Å²) in [5.74, 6) is 0.585. The zero-order valence-electron chi connectivity index (χ0n) is 23.4. The van der Waals surface area contributed by atoms with Gasteiger partial charge in [0, 0.05) is 48.4 Å². The maximum atomic E-state index is 13.2. The molecule has 0 N–H and O–H groups in total. The molecule has 5 rings (SSSR count). The molecule has 0 saturated carbocycles. The van der Waals surface area contributed by atoms with Crippen LogP contribution in [-0.4, -0.2) is 70.6 Å². The van der Waals surface area contributed by atoms with E-state index < -0.39 is 0 Å². The number of piperazine rings is 1. The van der Waals surface area contributed by atoms with E-state index in [2.05, 4.69) is 51.5 Å². The Hall–Kier alpha value is -4.23. The minimum Gasteiger partial charge on any atom is -0.352 e. The summed E-state index contributed by atoms with van der Waals surface area (Å²) < 4.78 is 0. The second-order valence-corrected chi connectivity index (χ2v) is 10.7. The molecule has 1 unspecified atom stereocenters. The average molecular weight is 568 g/mol. The number of hydrogen-bond acceptors (Lipinski definition) is 5. The number of benzene rings is 3. The average Bonchev–Trinajstić information content (AvgIpc) is 3.04. The molecule has 1 saturated heterocycles. The van der Waals surface area contributed by atoms with Crippen molar-refractivity contribution in [1.82, 2.24) is 20.0 Å². The summed E-state index contributed by atoms with van der Waals surface area (Å²) in [6, 6.07) is 29.3. The molecule has 210 valence electrons. The molecule has 2 heterocycles. The van der Waals surface area contributed by atoms with E-state index in [-0.39, 0.29) is 24.4 Å². The van der Waals surface area contributed by atoms with Gasteiger partial charge in [0.2, 0.25) is 5.91 Å². The summed E-state index contributed by atoms with van der Waals surface area (Å²) >= 11 is 5.99. The third kappa shape index (κ3) is 6.74. The lowest BCUT2D eigenvalue weighted by Crippen LogP contribution is -2.53. The van der Waals surface area contributed by atoms with E-state index in [4.69, 9.17) is 11.6 Å². The van der Waals surface area contributed by atoms with Gasteiger partial charge >= 0.3 is 0 Å². The molecular formula is C33H34ClN5O2. The van der Waals surface area contributed by atoms with Crippen LogP contribution in [0, 0.1) is 0 Å². The van der Waals surface area contributed by atoms with Crippen molar-refractivity contribution in [3.05, 3.63) is 102 Å². The van der Waals surface area contributed by atoms with Crippen molar-refractivity contribution in [2.75, 3.05) is 37.6 Å². The van der Waals surface area contributed by atoms with Crippen molar-refractivity contribution in [3.63, 3.8) is 0 Å². The van der Waals surface area contributed by atoms with Gasteiger partial charge in [-0.15, -0.1) is 10.2 Å². The van der Waals surface area contributed by atoms with Gasteiger partial charge in [-0.3, -0.25) is 9.59 Å². The Morgan fingerprint density at radius 3 is 2.05 bits per heavy atom. The molecule has 8 heteroatoms. The van der Waals surface area contributed by atoms with Gasteiger partial charge < -0.3 is 14.7 Å². The first-order chi connectivity index (χ1) is 19.9. The number of carbonyl (C=O) groups is 2. The summed E-state index contributed by atoms with van der Waals surface area (Å²) in [4.78, 5) is 32.1. The van der Waals surface area contributed by atoms with Gasteiger partial charge in [0.05, 0.1) is 5.69 Å². The standard InChI is InChI=1S/C33H34ClN5O2/c1-3-24(2)39(33(41)28-13-15-29(34)16-14-28)23-32(40)38-21-19-37(20-22-38)31-18-17-30(35-36-31)27-11-9-26(10-12-27)25-7-5-4-6-8-25/h4-18,24H,3,19-23H2,1-2H3. The van der Waals surface area contributed by atoms with Gasteiger partial charge in [0.1, 0.15) is 6.54 Å². The maximum Gasteiger partial charge on any atom is 0.254 e. The molecule has 1 aliphatic rings. The molecule has 0 aliphatic carbocycles. The molecule has 1 aliphatic heterocycles. The van der Waals surface area contributed by atoms with E-state index in [9.17, 15) is 9.59 Å². The van der Waals surface area contributed by atoms with E-state index in [0.717, 1.165) is 29.1 Å². The highest BCUT2D eigenvalue weighted by Crippen LogP contribution is 2.24. The van der Waals surface area contributed by atoms with E-state index in [0.29, 0.717) is 36.8 Å². The lowest BCUT2D eigenvalue weighted by molar-refractivity contribution is -0.132. The number of rotatable bonds is 8. The zero-order chi connectivity index (χ0) is 28.8. The van der Waals surface area contributed by atoms with Crippen LogP contribution in [0.4, 0.5) is 5.82 Å². The van der Waals surface area contributed by atoms with Crippen molar-refractivity contribution in [2.45, 2.75) is 26.3 Å². The SMILES string of the molecule is CCC(C)N(CC(=O)N1CCN(c2ccc(-c3ccc(-c4ccccc4)cc3)nn2)CC1)C(=O)c1ccc(Cl)cc1. The van der Waals surface area contributed by atoms with Crippen LogP contribution in [0.25, 0.3) is 22.4 Å². The van der Waals surface area contributed by atoms with Crippen LogP contribution in [0.1, 0.15) is 30.6 Å². The fraction of sp³-hybridized carbons (Fsp3) is 0.273. The van der Waals surface area contributed by atoms with Crippen molar-refractivity contribution in [2.24, 2.45) is 0 Å². The Labute approximate surface area is 246 Å². The maximum absolute atomic E-state index is 13.2. The number of aromatic nitrogens is 2. The molecule has 1 aromatic heterocycles. The number of nitrogens with zero attached hydrogens (tertiary/aromatic N) is 5. The van der Waals surface area contributed by atoms with Crippen LogP contribution >= 0.6 is 11.6 Å². The largest absolute Gasteiger partial charge is 0.352 e. The van der Waals surface area contributed by atoms with Crippen molar-refractivity contribution < 1.29 is 9.59 Å². The normalized spacial score (nSPS) is 14.0. The fourth-order valence-corrected chi connectivity index (χ4v) is 5.08. The minimum atomic E-state index is -0.159. The summed E-state index contributed by atoms with van der Waals surface area (Å²) in [6.07, 6.45) is 0.756. The Balaban J connectivity index is 1.17. The van der Waals surface area contributed by atoms with Crippen LogP contribution in [0.2, 0.25) is 5.02 Å². The summed E-state index contributed by atoms with van der Waals surface area (Å²) in [5.41, 5.74) is 4.70. The highest BCUT2D eigenvalue weighted by atomic mass is 35.5. The lowest BCUT2D eigenvalue weighted by atomic mass is 10.0. The van der Waals surface area contributed by atoms with Crippen LogP contribution in [-0.2, 0) is 4.79 Å². The van der Waals surface area contributed by atoms with Gasteiger partial charge in [-0.05, 0) is 60.9 Å². The molecule has 0 radical (unpaired) electrons. The van der Waals surface area contributed by atoms with E-state index in [1.807, 2.05) is 49.1 Å². The molecule has 7 nitrogen and oxygen atoms in total. The van der Waals surface area contributed by atoms with Crippen molar-refractivity contribution in [3.8, 4) is 22.4 Å². The molecule has 3 aromatic carbocycles. The second kappa shape index (κ2) is 13.0. The van der Waals surface area contributed by atoms with Gasteiger partial charge in [-0.2, -0.15) is 0 Å². The van der Waals surface area contributed by atoms with E-state index in [1.165, 1.54) is 5.56 Å². The Bertz CT molecular complexity index is 1450. The minimum absolute atomic E-state index is 0.0485. The van der Waals surface area contributed by atoms with Crippen LogP contribution in [0.15, 0.2) is 91.0 Å². The van der Waals surface area contributed by atoms with Gasteiger partial charge in [0.25, 0.3) is 5.91 Å². The van der Waals surface area contributed by atoms with Crippen LogP contribution in [0.3, 0.4) is 0 Å². The Morgan fingerprint density at radius 1 is 0.805 bits per heavy atom. The molecule has 1 atom stereocenters. The molecule has 1 fully saturated rings. The highest BCUT2D eigenvalue weighted by molar-refractivity contribution is 6.30. The number of hydrogen-bond donors (Lipinski definition) is 0. The Kier molecular flexibility index (Phi) is 8.95. The summed E-state index contributed by atoms with van der Waals surface area (Å²) in [6.45, 7) is 6.47. The number of anilines is 1. The predicted molar refractivity (Wildman–Crippen MR) is 164 cm³/mol. The summed E-state index contributed by atoms with van der Waals surface area (Å²) in [7, 11) is 0. The lowest BCUT2D eigenvalue weighted by Gasteiger charge is -2.37. The number of carbonyl (C=O) groups excluding carboxylic acids is 2. The molecule has 0 bridgehead atoms. The van der Waals surface area contributed by atoms with Gasteiger partial charge in [-0.1, -0.05) is 73.1 Å².